The zero-order valence-corrected chi connectivity index (χ0v) is 14.0. The maximum atomic E-state index is 12.2. The van der Waals surface area contributed by atoms with Crippen LogP contribution in [0.25, 0.3) is 11.0 Å². The second-order valence-electron chi connectivity index (χ2n) is 4.73. The predicted molar refractivity (Wildman–Crippen MR) is 84.7 cm³/mol. The van der Waals surface area contributed by atoms with Crippen molar-refractivity contribution in [2.24, 2.45) is 0 Å². The minimum Gasteiger partial charge on any atom is -0.377 e. The van der Waals surface area contributed by atoms with Crippen LogP contribution < -0.4 is 5.32 Å². The van der Waals surface area contributed by atoms with Crippen LogP contribution in [0.4, 0.5) is 4.79 Å². The first kappa shape index (κ1) is 16.6. The minimum absolute atomic E-state index is 0.201. The molecule has 0 aliphatic rings. The Balaban J connectivity index is 1.88. The van der Waals surface area contributed by atoms with E-state index in [9.17, 15) is 4.79 Å². The smallest absolute Gasteiger partial charge is 0.377 e. The third-order valence-electron chi connectivity index (χ3n) is 3.54. The Kier molecular flexibility index (Phi) is 5.67. The van der Waals surface area contributed by atoms with E-state index in [1.165, 1.54) is 10.9 Å². The molecule has 0 spiro atoms. The van der Waals surface area contributed by atoms with Gasteiger partial charge in [-0.15, -0.1) is 0 Å². The summed E-state index contributed by atoms with van der Waals surface area (Å²) in [5.41, 5.74) is 1.58. The van der Waals surface area contributed by atoms with Crippen LogP contribution in [-0.4, -0.2) is 52.3 Å². The van der Waals surface area contributed by atoms with Crippen LogP contribution in [0.3, 0.4) is 0 Å². The van der Waals surface area contributed by atoms with Gasteiger partial charge in [0.2, 0.25) is 0 Å². The minimum atomic E-state index is -2.57. The topological polar surface area (TPSA) is 74.6 Å². The molecule has 2 aromatic rings. The van der Waals surface area contributed by atoms with Gasteiger partial charge in [0, 0.05) is 33.9 Å². The van der Waals surface area contributed by atoms with Gasteiger partial charge < -0.3 is 18.6 Å². The molecule has 2 rings (SSSR count). The number of hydrogen-bond acceptors (Lipinski definition) is 5. The third-order valence-corrected chi connectivity index (χ3v) is 6.37. The second-order valence-corrected chi connectivity index (χ2v) is 7.82. The Morgan fingerprint density at radius 1 is 1.23 bits per heavy atom. The Labute approximate surface area is 130 Å². The van der Waals surface area contributed by atoms with E-state index >= 15 is 0 Å². The molecule has 1 heterocycles. The van der Waals surface area contributed by atoms with Crippen molar-refractivity contribution in [1.82, 2.24) is 14.9 Å². The average molecular weight is 323 g/mol. The number of aromatic nitrogens is 2. The molecule has 1 aromatic heterocycles. The molecular formula is C14H21N3O4Si. The number of nitrogens with zero attached hydrogens (tertiary/aromatic N) is 2. The summed E-state index contributed by atoms with van der Waals surface area (Å²) >= 11 is 0. The van der Waals surface area contributed by atoms with Crippen LogP contribution >= 0.6 is 0 Å². The van der Waals surface area contributed by atoms with E-state index < -0.39 is 8.80 Å². The summed E-state index contributed by atoms with van der Waals surface area (Å²) in [4.78, 5) is 16.4. The molecule has 1 aromatic carbocycles. The van der Waals surface area contributed by atoms with Crippen LogP contribution in [0.5, 0.6) is 0 Å². The highest BCUT2D eigenvalue weighted by atomic mass is 28.4. The van der Waals surface area contributed by atoms with Crippen molar-refractivity contribution in [1.29, 1.82) is 0 Å². The highest BCUT2D eigenvalue weighted by molar-refractivity contribution is 6.60. The van der Waals surface area contributed by atoms with E-state index in [-0.39, 0.29) is 6.03 Å². The molecule has 120 valence electrons. The molecule has 1 amide bonds. The molecule has 0 unspecified atom stereocenters. The maximum Gasteiger partial charge on any atom is 0.500 e. The van der Waals surface area contributed by atoms with Gasteiger partial charge in [0.1, 0.15) is 6.33 Å². The van der Waals surface area contributed by atoms with Crippen molar-refractivity contribution >= 4 is 25.9 Å². The molecule has 0 saturated heterocycles. The molecule has 8 heteroatoms. The predicted octanol–water partition coefficient (Wildman–Crippen LogP) is 1.86. The summed E-state index contributed by atoms with van der Waals surface area (Å²) in [6.45, 7) is 0.510. The molecule has 0 aliphatic carbocycles. The molecule has 0 aliphatic heterocycles. The Hall–Kier alpha value is -1.74. The lowest BCUT2D eigenvalue weighted by atomic mass is 10.3. The number of para-hydroxylation sites is 2. The fraction of sp³-hybridized carbons (Fsp3) is 0.429. The Bertz CT molecular complexity index is 619. The molecule has 0 bridgehead atoms. The van der Waals surface area contributed by atoms with Crippen LogP contribution in [0.2, 0.25) is 6.04 Å². The van der Waals surface area contributed by atoms with Crippen LogP contribution in [0.1, 0.15) is 6.42 Å². The number of fused-ring (bicyclic) bond motifs is 1. The first-order valence-corrected chi connectivity index (χ1v) is 8.94. The number of hydrogen-bond donors (Lipinski definition) is 1. The van der Waals surface area contributed by atoms with E-state index in [1.807, 2.05) is 24.3 Å². The zero-order chi connectivity index (χ0) is 16.0. The largest absolute Gasteiger partial charge is 0.500 e. The number of benzene rings is 1. The van der Waals surface area contributed by atoms with Crippen LogP contribution in [0.15, 0.2) is 30.6 Å². The monoisotopic (exact) mass is 323 g/mol. The highest BCUT2D eigenvalue weighted by Gasteiger charge is 2.36. The number of carbonyl (C=O) groups is 1. The normalized spacial score (nSPS) is 11.8. The molecule has 7 nitrogen and oxygen atoms in total. The molecule has 0 saturated carbocycles. The lowest BCUT2D eigenvalue weighted by molar-refractivity contribution is 0.123. The number of rotatable bonds is 7. The number of amides is 1. The van der Waals surface area contributed by atoms with Gasteiger partial charge in [-0.3, -0.25) is 4.57 Å². The van der Waals surface area contributed by atoms with Crippen molar-refractivity contribution in [2.75, 3.05) is 27.9 Å². The second kappa shape index (κ2) is 7.50. The van der Waals surface area contributed by atoms with E-state index in [0.29, 0.717) is 19.0 Å². The van der Waals surface area contributed by atoms with Crippen LogP contribution in [0, 0.1) is 0 Å². The molecule has 1 N–H and O–H groups in total. The number of imidazole rings is 1. The van der Waals surface area contributed by atoms with Crippen molar-refractivity contribution in [2.45, 2.75) is 12.5 Å². The first-order valence-electron chi connectivity index (χ1n) is 7.01. The molecule has 0 atom stereocenters. The number of nitrogens with one attached hydrogen (secondary N) is 1. The first-order chi connectivity index (χ1) is 10.7. The lowest BCUT2D eigenvalue weighted by Gasteiger charge is -2.24. The highest BCUT2D eigenvalue weighted by Crippen LogP contribution is 2.14. The fourth-order valence-electron chi connectivity index (χ4n) is 2.26. The average Bonchev–Trinajstić information content (AvgIpc) is 3.00. The van der Waals surface area contributed by atoms with Gasteiger partial charge in [0.05, 0.1) is 11.0 Å². The Morgan fingerprint density at radius 3 is 2.59 bits per heavy atom. The van der Waals surface area contributed by atoms with Gasteiger partial charge in [0.25, 0.3) is 0 Å². The number of carbonyl (C=O) groups excluding carboxylic acids is 1. The van der Waals surface area contributed by atoms with Gasteiger partial charge in [-0.1, -0.05) is 12.1 Å². The van der Waals surface area contributed by atoms with E-state index in [1.54, 1.807) is 21.3 Å². The SMILES string of the molecule is CO[Si](CCCNC(=O)n1cnc2ccccc21)(OC)OC. The van der Waals surface area contributed by atoms with Gasteiger partial charge in [-0.25, -0.2) is 9.78 Å². The summed E-state index contributed by atoms with van der Waals surface area (Å²) in [7, 11) is 2.17. The molecule has 0 radical (unpaired) electrons. The van der Waals surface area contributed by atoms with Crippen molar-refractivity contribution in [3.8, 4) is 0 Å². The summed E-state index contributed by atoms with van der Waals surface area (Å²) in [5, 5.41) is 2.86. The maximum absolute atomic E-state index is 12.2. The van der Waals surface area contributed by atoms with E-state index in [4.69, 9.17) is 13.3 Å². The van der Waals surface area contributed by atoms with Gasteiger partial charge in [-0.2, -0.15) is 0 Å². The molecule has 0 fully saturated rings. The molecule has 22 heavy (non-hydrogen) atoms. The quantitative estimate of drug-likeness (QED) is 0.622. The van der Waals surface area contributed by atoms with Crippen molar-refractivity contribution < 1.29 is 18.1 Å². The zero-order valence-electron chi connectivity index (χ0n) is 13.0. The van der Waals surface area contributed by atoms with Crippen molar-refractivity contribution in [3.05, 3.63) is 30.6 Å². The summed E-state index contributed by atoms with van der Waals surface area (Å²) in [6, 6.07) is 7.94. The lowest BCUT2D eigenvalue weighted by Crippen LogP contribution is -2.43. The van der Waals surface area contributed by atoms with E-state index in [0.717, 1.165) is 11.0 Å². The Morgan fingerprint density at radius 2 is 1.91 bits per heavy atom. The van der Waals surface area contributed by atoms with Gasteiger partial charge in [0.15, 0.2) is 0 Å². The third kappa shape index (κ3) is 3.53. The van der Waals surface area contributed by atoms with Gasteiger partial charge in [-0.05, 0) is 18.6 Å². The fourth-order valence-corrected chi connectivity index (χ4v) is 3.98. The van der Waals surface area contributed by atoms with Crippen molar-refractivity contribution in [3.63, 3.8) is 0 Å². The van der Waals surface area contributed by atoms with E-state index in [2.05, 4.69) is 10.3 Å². The van der Waals surface area contributed by atoms with Gasteiger partial charge >= 0.3 is 14.8 Å². The summed E-state index contributed by atoms with van der Waals surface area (Å²) in [6.07, 6.45) is 2.23. The molecular weight excluding hydrogens is 302 g/mol. The summed E-state index contributed by atoms with van der Waals surface area (Å²) < 4.78 is 17.5. The van der Waals surface area contributed by atoms with Crippen LogP contribution in [-0.2, 0) is 13.3 Å². The summed E-state index contributed by atoms with van der Waals surface area (Å²) in [5.74, 6) is 0. The standard InChI is InChI=1S/C14H21N3O4Si/c1-19-22(20-2,21-3)10-6-9-15-14(18)17-11-16-12-7-4-5-8-13(12)17/h4-5,7-8,11H,6,9-10H2,1-3H3,(H,15,18).